The van der Waals surface area contributed by atoms with Crippen LogP contribution in [0.2, 0.25) is 0 Å². The summed E-state index contributed by atoms with van der Waals surface area (Å²) in [6.07, 6.45) is 4.71. The number of piperidine rings is 1. The lowest BCUT2D eigenvalue weighted by Gasteiger charge is -2.34. The molecule has 5 nitrogen and oxygen atoms in total. The highest BCUT2D eigenvalue weighted by Crippen LogP contribution is 2.31. The topological polar surface area (TPSA) is 64.8 Å². The first kappa shape index (κ1) is 14.0. The first-order valence-electron chi connectivity index (χ1n) is 7.81. The van der Waals surface area contributed by atoms with E-state index >= 15 is 0 Å². The van der Waals surface area contributed by atoms with Crippen LogP contribution in [0.5, 0.6) is 0 Å². The van der Waals surface area contributed by atoms with Gasteiger partial charge in [0.15, 0.2) is 0 Å². The van der Waals surface area contributed by atoms with Gasteiger partial charge in [0.05, 0.1) is 11.7 Å². The second-order valence-electron chi connectivity index (χ2n) is 5.94. The van der Waals surface area contributed by atoms with Gasteiger partial charge in [0.2, 0.25) is 0 Å². The van der Waals surface area contributed by atoms with Gasteiger partial charge in [-0.1, -0.05) is 0 Å². The molecule has 0 aliphatic carbocycles. The Balaban J connectivity index is 1.67. The molecule has 1 aliphatic heterocycles. The number of aromatic amines is 2. The van der Waals surface area contributed by atoms with E-state index in [1.54, 1.807) is 18.3 Å². The molecule has 1 unspecified atom stereocenters. The van der Waals surface area contributed by atoms with Crippen LogP contribution in [0.1, 0.15) is 41.5 Å². The van der Waals surface area contributed by atoms with Gasteiger partial charge < -0.3 is 9.88 Å². The fourth-order valence-electron chi connectivity index (χ4n) is 3.32. The number of amides is 1. The van der Waals surface area contributed by atoms with Crippen LogP contribution in [0.4, 0.5) is 4.39 Å². The lowest BCUT2D eigenvalue weighted by atomic mass is 9.99. The molecule has 1 atom stereocenters. The van der Waals surface area contributed by atoms with Crippen molar-refractivity contribution in [3.8, 4) is 0 Å². The summed E-state index contributed by atoms with van der Waals surface area (Å²) in [5, 5.41) is 7.81. The minimum absolute atomic E-state index is 0.0156. The lowest BCUT2D eigenvalue weighted by molar-refractivity contribution is 0.0601. The second kappa shape index (κ2) is 5.53. The molecule has 3 aromatic rings. The van der Waals surface area contributed by atoms with E-state index in [1.165, 1.54) is 12.1 Å². The molecule has 1 fully saturated rings. The maximum atomic E-state index is 13.3. The Labute approximate surface area is 132 Å². The van der Waals surface area contributed by atoms with Gasteiger partial charge in [-0.15, -0.1) is 0 Å². The Morgan fingerprint density at radius 3 is 3.00 bits per heavy atom. The molecule has 0 saturated carbocycles. The number of nitrogens with zero attached hydrogens (tertiary/aromatic N) is 2. The van der Waals surface area contributed by atoms with E-state index in [0.29, 0.717) is 17.8 Å². The zero-order valence-electron chi connectivity index (χ0n) is 12.6. The van der Waals surface area contributed by atoms with Crippen molar-refractivity contribution in [3.05, 3.63) is 53.7 Å². The van der Waals surface area contributed by atoms with E-state index in [1.807, 2.05) is 11.0 Å². The number of carbonyl (C=O) groups excluding carboxylic acids is 1. The molecule has 2 aromatic heterocycles. The maximum Gasteiger partial charge on any atom is 0.270 e. The second-order valence-corrected chi connectivity index (χ2v) is 5.94. The van der Waals surface area contributed by atoms with Crippen LogP contribution >= 0.6 is 0 Å². The highest BCUT2D eigenvalue weighted by Gasteiger charge is 2.30. The first-order chi connectivity index (χ1) is 11.2. The van der Waals surface area contributed by atoms with E-state index in [0.717, 1.165) is 30.3 Å². The van der Waals surface area contributed by atoms with Crippen LogP contribution in [-0.4, -0.2) is 32.5 Å². The monoisotopic (exact) mass is 312 g/mol. The van der Waals surface area contributed by atoms with E-state index in [4.69, 9.17) is 0 Å². The Bertz CT molecular complexity index is 840. The van der Waals surface area contributed by atoms with Crippen molar-refractivity contribution < 1.29 is 9.18 Å². The van der Waals surface area contributed by atoms with Gasteiger partial charge in [0.25, 0.3) is 5.91 Å². The summed E-state index contributed by atoms with van der Waals surface area (Å²) >= 11 is 0. The highest BCUT2D eigenvalue weighted by molar-refractivity contribution is 5.98. The predicted molar refractivity (Wildman–Crippen MR) is 84.5 cm³/mol. The molecule has 118 valence electrons. The summed E-state index contributed by atoms with van der Waals surface area (Å²) < 4.78 is 13.3. The number of H-pyrrole nitrogens is 2. The third-order valence-corrected chi connectivity index (χ3v) is 4.46. The summed E-state index contributed by atoms with van der Waals surface area (Å²) in [6.45, 7) is 0.715. The van der Waals surface area contributed by atoms with Crippen molar-refractivity contribution in [2.75, 3.05) is 6.54 Å². The summed E-state index contributed by atoms with van der Waals surface area (Å²) in [4.78, 5) is 17.8. The summed E-state index contributed by atoms with van der Waals surface area (Å²) in [5.74, 6) is -0.368. The molecule has 3 heterocycles. The van der Waals surface area contributed by atoms with Gasteiger partial charge in [-0.2, -0.15) is 5.10 Å². The number of likely N-dealkylation sites (tertiary alicyclic amines) is 1. The lowest BCUT2D eigenvalue weighted by Crippen LogP contribution is -2.38. The molecule has 0 spiro atoms. The number of fused-ring (bicyclic) bond motifs is 1. The Kier molecular flexibility index (Phi) is 3.37. The van der Waals surface area contributed by atoms with E-state index in [-0.39, 0.29) is 17.8 Å². The van der Waals surface area contributed by atoms with Crippen LogP contribution < -0.4 is 0 Å². The smallest absolute Gasteiger partial charge is 0.270 e. The number of benzene rings is 1. The van der Waals surface area contributed by atoms with Crippen molar-refractivity contribution >= 4 is 16.8 Å². The molecule has 1 aromatic carbocycles. The molecule has 0 radical (unpaired) electrons. The maximum absolute atomic E-state index is 13.3. The highest BCUT2D eigenvalue weighted by atomic mass is 19.1. The molecule has 4 rings (SSSR count). The van der Waals surface area contributed by atoms with Crippen molar-refractivity contribution in [1.82, 2.24) is 20.1 Å². The quantitative estimate of drug-likeness (QED) is 0.761. The van der Waals surface area contributed by atoms with Gasteiger partial charge in [-0.05, 0) is 49.6 Å². The molecule has 1 aliphatic rings. The number of aromatic nitrogens is 3. The van der Waals surface area contributed by atoms with E-state index in [2.05, 4.69) is 15.2 Å². The van der Waals surface area contributed by atoms with Crippen LogP contribution in [-0.2, 0) is 0 Å². The minimum atomic E-state index is -0.313. The number of hydrogen-bond donors (Lipinski definition) is 2. The van der Waals surface area contributed by atoms with E-state index < -0.39 is 0 Å². The Morgan fingerprint density at radius 2 is 2.17 bits per heavy atom. The predicted octanol–water partition coefficient (Wildman–Crippen LogP) is 3.40. The molecule has 23 heavy (non-hydrogen) atoms. The fourth-order valence-corrected chi connectivity index (χ4v) is 3.32. The van der Waals surface area contributed by atoms with Crippen LogP contribution in [0.3, 0.4) is 0 Å². The van der Waals surface area contributed by atoms with Crippen molar-refractivity contribution in [3.63, 3.8) is 0 Å². The van der Waals surface area contributed by atoms with Gasteiger partial charge in [-0.25, -0.2) is 4.39 Å². The number of carbonyl (C=O) groups is 1. The molecule has 0 bridgehead atoms. The van der Waals surface area contributed by atoms with Gasteiger partial charge in [0, 0.05) is 23.6 Å². The Morgan fingerprint density at radius 1 is 1.26 bits per heavy atom. The SMILES string of the molecule is O=C(c1cc2ccc(F)cc2[nH]1)N1CCCCC1c1ccn[nH]1. The number of halogens is 1. The van der Waals surface area contributed by atoms with Crippen LogP contribution in [0, 0.1) is 5.82 Å². The normalized spacial score (nSPS) is 18.5. The van der Waals surface area contributed by atoms with Crippen molar-refractivity contribution in [1.29, 1.82) is 0 Å². The van der Waals surface area contributed by atoms with Crippen molar-refractivity contribution in [2.24, 2.45) is 0 Å². The van der Waals surface area contributed by atoms with Gasteiger partial charge in [-0.3, -0.25) is 9.89 Å². The number of nitrogens with one attached hydrogen (secondary N) is 2. The molecular weight excluding hydrogens is 295 g/mol. The molecule has 1 amide bonds. The Hall–Kier alpha value is -2.63. The largest absolute Gasteiger partial charge is 0.350 e. The molecule has 6 heteroatoms. The third-order valence-electron chi connectivity index (χ3n) is 4.46. The number of hydrogen-bond acceptors (Lipinski definition) is 2. The zero-order chi connectivity index (χ0) is 15.8. The molecule has 1 saturated heterocycles. The van der Waals surface area contributed by atoms with Gasteiger partial charge >= 0.3 is 0 Å². The van der Waals surface area contributed by atoms with Crippen LogP contribution in [0.25, 0.3) is 10.9 Å². The average Bonchev–Trinajstić information content (AvgIpc) is 3.23. The minimum Gasteiger partial charge on any atom is -0.350 e. The fraction of sp³-hybridized carbons (Fsp3) is 0.294. The average molecular weight is 312 g/mol. The molecule has 2 N–H and O–H groups in total. The van der Waals surface area contributed by atoms with Gasteiger partial charge in [0.1, 0.15) is 11.5 Å². The van der Waals surface area contributed by atoms with E-state index in [9.17, 15) is 9.18 Å². The summed E-state index contributed by atoms with van der Waals surface area (Å²) in [7, 11) is 0. The first-order valence-corrected chi connectivity index (χ1v) is 7.81. The number of rotatable bonds is 2. The summed E-state index contributed by atoms with van der Waals surface area (Å²) in [6, 6.07) is 8.21. The standard InChI is InChI=1S/C17H17FN4O/c18-12-5-4-11-9-15(20-14(11)10-12)17(23)22-8-2-1-3-16(22)13-6-7-19-21-13/h4-7,9-10,16,20H,1-3,8H2,(H,19,21). The van der Waals surface area contributed by atoms with Crippen molar-refractivity contribution in [2.45, 2.75) is 25.3 Å². The van der Waals surface area contributed by atoms with Crippen LogP contribution in [0.15, 0.2) is 36.5 Å². The third kappa shape index (κ3) is 2.50. The summed E-state index contributed by atoms with van der Waals surface area (Å²) in [5.41, 5.74) is 2.10. The molecular formula is C17H17FN4O. The zero-order valence-corrected chi connectivity index (χ0v) is 12.6.